The van der Waals surface area contributed by atoms with Gasteiger partial charge in [0.15, 0.2) is 5.17 Å². The van der Waals surface area contributed by atoms with Gasteiger partial charge in [0.1, 0.15) is 0 Å². The molecule has 208 valence electrons. The fraction of sp³-hybridized carbons (Fsp3) is 0.481. The third-order valence-electron chi connectivity index (χ3n) is 6.71. The number of carbonyl (C=O) groups is 3. The highest BCUT2D eigenvalue weighted by atomic mass is 32.2. The van der Waals surface area contributed by atoms with Crippen LogP contribution in [0, 0.1) is 16.0 Å². The average molecular weight is 557 g/mol. The van der Waals surface area contributed by atoms with E-state index in [9.17, 15) is 24.5 Å². The summed E-state index contributed by atoms with van der Waals surface area (Å²) in [4.78, 5) is 57.9. The monoisotopic (exact) mass is 556 g/mol. The highest BCUT2D eigenvalue weighted by Crippen LogP contribution is 2.45. The summed E-state index contributed by atoms with van der Waals surface area (Å²) in [5.41, 5.74) is 2.00. The van der Waals surface area contributed by atoms with Gasteiger partial charge in [-0.2, -0.15) is 0 Å². The Labute approximate surface area is 231 Å². The molecular weight excluding hydrogens is 524 g/mol. The maximum Gasteiger partial charge on any atom is 0.338 e. The molecule has 11 nitrogen and oxygen atoms in total. The van der Waals surface area contributed by atoms with Gasteiger partial charge in [-0.1, -0.05) is 11.8 Å². The lowest BCUT2D eigenvalue weighted by atomic mass is 9.93. The Kier molecular flexibility index (Phi) is 8.73. The normalized spacial score (nSPS) is 20.8. The number of nitrogens with zero attached hydrogens (tertiary/aromatic N) is 4. The highest BCUT2D eigenvalue weighted by Gasteiger charge is 2.42. The Morgan fingerprint density at radius 3 is 2.59 bits per heavy atom. The van der Waals surface area contributed by atoms with Crippen molar-refractivity contribution in [3.05, 3.63) is 62.3 Å². The van der Waals surface area contributed by atoms with E-state index >= 15 is 0 Å². The fourth-order valence-corrected chi connectivity index (χ4v) is 5.89. The average Bonchev–Trinajstić information content (AvgIpc) is 3.29. The number of carbonyl (C=O) groups excluding carboxylic acids is 3. The van der Waals surface area contributed by atoms with Crippen molar-refractivity contribution >= 4 is 40.5 Å². The zero-order valence-electron chi connectivity index (χ0n) is 22.4. The number of nitro benzene ring substituents is 1. The predicted octanol–water partition coefficient (Wildman–Crippen LogP) is 4.31. The summed E-state index contributed by atoms with van der Waals surface area (Å²) in [5.74, 6) is -1.32. The van der Waals surface area contributed by atoms with E-state index in [1.54, 1.807) is 44.7 Å². The molecule has 0 saturated carbocycles. The lowest BCUT2D eigenvalue weighted by molar-refractivity contribution is -0.384. The molecule has 0 aliphatic carbocycles. The zero-order valence-corrected chi connectivity index (χ0v) is 23.2. The number of rotatable bonds is 8. The number of benzene rings is 1. The van der Waals surface area contributed by atoms with Crippen molar-refractivity contribution in [3.8, 4) is 0 Å². The van der Waals surface area contributed by atoms with E-state index < -0.39 is 16.9 Å². The van der Waals surface area contributed by atoms with E-state index in [-0.39, 0.29) is 36.0 Å². The van der Waals surface area contributed by atoms with Crippen molar-refractivity contribution in [2.75, 3.05) is 19.7 Å². The van der Waals surface area contributed by atoms with E-state index in [2.05, 4.69) is 4.99 Å². The largest absolute Gasteiger partial charge is 0.466 e. The summed E-state index contributed by atoms with van der Waals surface area (Å²) in [7, 11) is 0. The summed E-state index contributed by atoms with van der Waals surface area (Å²) >= 11 is 1.35. The van der Waals surface area contributed by atoms with Crippen molar-refractivity contribution in [1.82, 2.24) is 9.80 Å². The number of fused-ring (bicyclic) bond motifs is 1. The van der Waals surface area contributed by atoms with E-state index in [0.717, 1.165) is 0 Å². The molecule has 3 aliphatic heterocycles. The maximum atomic E-state index is 13.4. The van der Waals surface area contributed by atoms with E-state index in [1.165, 1.54) is 23.9 Å². The van der Waals surface area contributed by atoms with Crippen molar-refractivity contribution in [2.45, 2.75) is 59.1 Å². The molecular formula is C27H32N4O7S. The molecule has 0 unspecified atom stereocenters. The minimum Gasteiger partial charge on any atom is -0.466 e. The number of ether oxygens (including phenoxy) is 2. The van der Waals surface area contributed by atoms with Gasteiger partial charge in [-0.15, -0.1) is 0 Å². The van der Waals surface area contributed by atoms with E-state index in [0.29, 0.717) is 60.2 Å². The van der Waals surface area contributed by atoms with Crippen molar-refractivity contribution in [3.63, 3.8) is 0 Å². The molecule has 0 spiro atoms. The number of allylic oxidation sites excluding steroid dienone is 1. The Morgan fingerprint density at radius 1 is 1.23 bits per heavy atom. The molecule has 3 aliphatic rings. The van der Waals surface area contributed by atoms with Crippen LogP contribution in [0.4, 0.5) is 5.69 Å². The number of hydrogen-bond donors (Lipinski definition) is 0. The van der Waals surface area contributed by atoms with Crippen LogP contribution in [0.1, 0.15) is 58.6 Å². The van der Waals surface area contributed by atoms with E-state index in [1.807, 2.05) is 10.3 Å². The van der Waals surface area contributed by atoms with Crippen molar-refractivity contribution < 1.29 is 28.8 Å². The second kappa shape index (κ2) is 12.0. The van der Waals surface area contributed by atoms with Crippen LogP contribution in [-0.4, -0.2) is 63.5 Å². The molecule has 3 heterocycles. The first-order chi connectivity index (χ1) is 18.6. The third kappa shape index (κ3) is 6.16. The number of likely N-dealkylation sites (tertiary alicyclic amines) is 1. The molecule has 1 fully saturated rings. The first kappa shape index (κ1) is 28.3. The van der Waals surface area contributed by atoms with Gasteiger partial charge < -0.3 is 19.3 Å². The SMILES string of the molecule is CCOC(=O)[C@@H]1CCCN(C(=O)CC2=CSC3=NC(C)=C(C(=O)OC(C)C)[C@@H](c4ccc([N+](=O)[O-])cc4)N23)C1. The van der Waals surface area contributed by atoms with Crippen LogP contribution in [0.15, 0.2) is 51.6 Å². The Bertz CT molecular complexity index is 1260. The summed E-state index contributed by atoms with van der Waals surface area (Å²) in [6.45, 7) is 8.14. The number of non-ortho nitro benzene ring substituents is 1. The summed E-state index contributed by atoms with van der Waals surface area (Å²) in [5, 5.41) is 13.7. The lowest BCUT2D eigenvalue weighted by Crippen LogP contribution is -2.44. The Hall–Kier alpha value is -3.67. The molecule has 1 aromatic carbocycles. The quantitative estimate of drug-likeness (QED) is 0.261. The minimum absolute atomic E-state index is 0.0383. The van der Waals surface area contributed by atoms with E-state index in [4.69, 9.17) is 9.47 Å². The van der Waals surface area contributed by atoms with Gasteiger partial charge in [0, 0.05) is 30.9 Å². The number of amides is 1. The van der Waals surface area contributed by atoms with Crippen LogP contribution in [0.25, 0.3) is 0 Å². The summed E-state index contributed by atoms with van der Waals surface area (Å²) < 4.78 is 10.7. The lowest BCUT2D eigenvalue weighted by Gasteiger charge is -2.37. The first-order valence-corrected chi connectivity index (χ1v) is 13.8. The number of amidine groups is 1. The predicted molar refractivity (Wildman–Crippen MR) is 145 cm³/mol. The van der Waals surface area contributed by atoms with Gasteiger partial charge in [0.2, 0.25) is 5.91 Å². The molecule has 0 aromatic heterocycles. The standard InChI is InChI=1S/C27H32N4O7S/c1-5-37-25(33)19-7-6-12-29(14-19)22(32)13-21-15-39-27-28-17(4)23(26(34)38-16(2)3)24(30(21)27)18-8-10-20(11-9-18)31(35)36/h8-11,15-16,19,24H,5-7,12-14H2,1-4H3/t19-,24-/m1/s1. The minimum atomic E-state index is -0.688. The molecule has 1 saturated heterocycles. The fourth-order valence-electron chi connectivity index (χ4n) is 4.92. The topological polar surface area (TPSA) is 132 Å². The van der Waals surface area contributed by atoms with Crippen molar-refractivity contribution in [1.29, 1.82) is 0 Å². The summed E-state index contributed by atoms with van der Waals surface area (Å²) in [6.07, 6.45) is 1.06. The molecule has 2 atom stereocenters. The number of hydrogen-bond acceptors (Lipinski definition) is 10. The zero-order chi connectivity index (χ0) is 28.3. The molecule has 39 heavy (non-hydrogen) atoms. The van der Waals surface area contributed by atoms with Crippen LogP contribution >= 0.6 is 11.8 Å². The van der Waals surface area contributed by atoms with Crippen molar-refractivity contribution in [2.24, 2.45) is 10.9 Å². The maximum absolute atomic E-state index is 13.4. The van der Waals surface area contributed by atoms with Gasteiger partial charge in [-0.25, -0.2) is 9.79 Å². The van der Waals surface area contributed by atoms with Crippen LogP contribution in [0.2, 0.25) is 0 Å². The van der Waals surface area contributed by atoms with Crippen LogP contribution in [-0.2, 0) is 23.9 Å². The Balaban J connectivity index is 1.63. The number of piperidine rings is 1. The van der Waals surface area contributed by atoms with Crippen LogP contribution in [0.5, 0.6) is 0 Å². The highest BCUT2D eigenvalue weighted by molar-refractivity contribution is 8.16. The van der Waals surface area contributed by atoms with Crippen LogP contribution < -0.4 is 0 Å². The second-order valence-electron chi connectivity index (χ2n) is 9.80. The molecule has 12 heteroatoms. The molecule has 4 rings (SSSR count). The van der Waals surface area contributed by atoms with Crippen LogP contribution in [0.3, 0.4) is 0 Å². The number of aliphatic imine (C=N–C) groups is 1. The van der Waals surface area contributed by atoms with Gasteiger partial charge in [0.05, 0.1) is 47.3 Å². The molecule has 0 radical (unpaired) electrons. The van der Waals surface area contributed by atoms with Gasteiger partial charge in [0.25, 0.3) is 5.69 Å². The molecule has 1 amide bonds. The third-order valence-corrected chi connectivity index (χ3v) is 7.60. The first-order valence-electron chi connectivity index (χ1n) is 12.9. The second-order valence-corrected chi connectivity index (χ2v) is 10.6. The number of nitro groups is 1. The smallest absolute Gasteiger partial charge is 0.338 e. The molecule has 0 N–H and O–H groups in total. The number of esters is 2. The molecule has 1 aromatic rings. The summed E-state index contributed by atoms with van der Waals surface area (Å²) in [6, 6.07) is 5.31. The van der Waals surface area contributed by atoms with Gasteiger partial charge >= 0.3 is 11.9 Å². The van der Waals surface area contributed by atoms with Gasteiger partial charge in [-0.05, 0) is 63.6 Å². The Morgan fingerprint density at radius 2 is 1.95 bits per heavy atom. The van der Waals surface area contributed by atoms with Gasteiger partial charge in [-0.3, -0.25) is 19.7 Å². The number of thioether (sulfide) groups is 1. The molecule has 0 bridgehead atoms.